The molecule has 0 aliphatic carbocycles. The molecule has 2 saturated heterocycles. The number of carbonyl (C=O) groups is 14. The molecule has 14 amide bonds. The number of anilines is 4. The van der Waals surface area contributed by atoms with Gasteiger partial charge >= 0.3 is 36.0 Å². The number of aliphatic carboxylic acids is 1. The zero-order chi connectivity index (χ0) is 104. The number of nitrogens with zero attached hydrogens (tertiary/aromatic N) is 4. The molecule has 2 heterocycles. The van der Waals surface area contributed by atoms with Crippen LogP contribution in [-0.4, -0.2) is 296 Å². The van der Waals surface area contributed by atoms with Gasteiger partial charge in [-0.1, -0.05) is 124 Å². The lowest BCUT2D eigenvalue weighted by molar-refractivity contribution is -0.163. The van der Waals surface area contributed by atoms with E-state index in [1.807, 2.05) is 97.8 Å². The number of hydrogen-bond donors (Lipinski definition) is 13. The SMILES string of the molecule is CCCNC(=O)Nc1cccc(S(=O)(=O)Nc2cccc([C@@H](CC(=O)O)NC(=O)Nc3ccc(NC(=O)NCCOCCOCCOCCC(=O)N[C@@H](CC(=O)OC(C)(C)C)C(=O)N4CCC[C@H]4C(=O)N[C@H](C(=O)OC(C)(C)CCNC(=O)[C@H](Cc4ccccc4)NC(=O)[C@H](C)[C@@H](OC)[C@@H]4CCCN4C(=O)C[C@@H](OC)[C@H]([C@@H](C)CC)N(C)C(=O)[C@@H](NC(=O)[C@H](C(C)C)N(C)C)C(C)C)C(C)C)cc3)c2)c1. The lowest BCUT2D eigenvalue weighted by Gasteiger charge is -2.41. The molecule has 0 bridgehead atoms. The van der Waals surface area contributed by atoms with E-state index < -0.39 is 178 Å². The van der Waals surface area contributed by atoms with Crippen molar-refractivity contribution in [1.82, 2.24) is 62.1 Å². The van der Waals surface area contributed by atoms with Gasteiger partial charge < -0.3 is 111 Å². The molecular weight excluding hydrogens is 1830 g/mol. The third-order valence-electron chi connectivity index (χ3n) is 24.1. The summed E-state index contributed by atoms with van der Waals surface area (Å²) >= 11 is 0. The van der Waals surface area contributed by atoms with Gasteiger partial charge in [0.05, 0.1) is 106 Å². The molecule has 6 rings (SSSR count). The van der Waals surface area contributed by atoms with E-state index in [0.29, 0.717) is 50.9 Å². The number of hydrogen-bond acceptors (Lipinski definition) is 24. The Labute approximate surface area is 823 Å². The maximum Gasteiger partial charge on any atom is 0.329 e. The molecule has 2 aliphatic heterocycles. The fourth-order valence-electron chi connectivity index (χ4n) is 16.7. The molecule has 2 aliphatic rings. The van der Waals surface area contributed by atoms with E-state index in [9.17, 15) is 80.6 Å². The topological polar surface area (TPSA) is 515 Å². The number of urea groups is 3. The number of rotatable bonds is 57. The number of nitrogens with one attached hydrogen (secondary N) is 12. The first-order chi connectivity index (χ1) is 66.1. The Balaban J connectivity index is 0.931. The molecule has 0 spiro atoms. The highest BCUT2D eigenvalue weighted by atomic mass is 32.2. The molecule has 0 unspecified atom stereocenters. The van der Waals surface area contributed by atoms with Crippen molar-refractivity contribution in [3.05, 3.63) is 114 Å². The second-order valence-electron chi connectivity index (χ2n) is 38.2. The fourth-order valence-corrected chi connectivity index (χ4v) is 17.8. The molecule has 2 fully saturated rings. The van der Waals surface area contributed by atoms with Crippen LogP contribution in [0, 0.1) is 29.6 Å². The summed E-state index contributed by atoms with van der Waals surface area (Å²) in [5, 5.41) is 39.9. The first-order valence-corrected chi connectivity index (χ1v) is 49.6. The van der Waals surface area contributed by atoms with Crippen molar-refractivity contribution >= 4 is 116 Å². The average Bonchev–Trinajstić information content (AvgIpc) is 1.77. The molecular formula is C99H152N16O24S. The summed E-state index contributed by atoms with van der Waals surface area (Å²) in [5.41, 5.74) is -0.205. The van der Waals surface area contributed by atoms with Gasteiger partial charge in [-0.2, -0.15) is 0 Å². The number of carbonyl (C=O) groups excluding carboxylic acids is 13. The average molecular weight is 1980 g/mol. The molecule has 4 aromatic carbocycles. The molecule has 0 radical (unpaired) electrons. The Kier molecular flexibility index (Phi) is 47.9. The number of ether oxygens (including phenoxy) is 7. The predicted octanol–water partition coefficient (Wildman–Crippen LogP) is 8.47. The van der Waals surface area contributed by atoms with Crippen LogP contribution in [0.1, 0.15) is 192 Å². The van der Waals surface area contributed by atoms with Gasteiger partial charge in [-0.3, -0.25) is 57.6 Å². The molecule has 41 heteroatoms. The zero-order valence-electron chi connectivity index (χ0n) is 84.9. The van der Waals surface area contributed by atoms with Crippen LogP contribution in [0.2, 0.25) is 0 Å². The minimum Gasteiger partial charge on any atom is -0.481 e. The minimum absolute atomic E-state index is 0.0232. The van der Waals surface area contributed by atoms with E-state index in [2.05, 4.69) is 63.2 Å². The molecule has 778 valence electrons. The number of esters is 2. The van der Waals surface area contributed by atoms with Crippen LogP contribution in [0.5, 0.6) is 0 Å². The lowest BCUT2D eigenvalue weighted by atomic mass is 9.89. The summed E-state index contributed by atoms with van der Waals surface area (Å²) in [7, 11) is 4.14. The summed E-state index contributed by atoms with van der Waals surface area (Å²) < 4.78 is 70.0. The quantitative estimate of drug-likeness (QED) is 0.0145. The van der Waals surface area contributed by atoms with Crippen molar-refractivity contribution < 1.29 is 114 Å². The van der Waals surface area contributed by atoms with Crippen molar-refractivity contribution in [3.63, 3.8) is 0 Å². The van der Waals surface area contributed by atoms with Crippen LogP contribution < -0.4 is 63.2 Å². The molecule has 4 aromatic rings. The Bertz CT molecular complexity index is 4840. The zero-order valence-corrected chi connectivity index (χ0v) is 85.7. The molecule has 40 nitrogen and oxygen atoms in total. The summed E-state index contributed by atoms with van der Waals surface area (Å²) in [4.78, 5) is 199. The number of likely N-dealkylation sites (tertiary alicyclic amines) is 2. The first-order valence-electron chi connectivity index (χ1n) is 48.1. The van der Waals surface area contributed by atoms with Gasteiger partial charge in [-0.15, -0.1) is 0 Å². The van der Waals surface area contributed by atoms with Crippen LogP contribution in [0.15, 0.2) is 108 Å². The predicted molar refractivity (Wildman–Crippen MR) is 528 cm³/mol. The van der Waals surface area contributed by atoms with Crippen LogP contribution in [0.25, 0.3) is 0 Å². The van der Waals surface area contributed by atoms with Crippen molar-refractivity contribution in [3.8, 4) is 0 Å². The summed E-state index contributed by atoms with van der Waals surface area (Å²) in [6.07, 6.45) is 0.202. The molecule has 140 heavy (non-hydrogen) atoms. The Hall–Kier alpha value is -11.6. The highest BCUT2D eigenvalue weighted by Crippen LogP contribution is 2.33. The summed E-state index contributed by atoms with van der Waals surface area (Å²) in [5.74, 6) is -8.55. The number of sulfonamides is 1. The van der Waals surface area contributed by atoms with Crippen LogP contribution in [0.4, 0.5) is 37.1 Å². The summed E-state index contributed by atoms with van der Waals surface area (Å²) in [6, 6.07) is 16.3. The largest absolute Gasteiger partial charge is 0.481 e. The van der Waals surface area contributed by atoms with Gasteiger partial charge in [0.2, 0.25) is 47.3 Å². The normalized spacial score (nSPS) is 16.3. The highest BCUT2D eigenvalue weighted by Gasteiger charge is 2.46. The maximum absolute atomic E-state index is 14.7. The monoisotopic (exact) mass is 1980 g/mol. The number of likely N-dealkylation sites (N-methyl/N-ethyl adjacent to an activating group) is 2. The summed E-state index contributed by atoms with van der Waals surface area (Å²) in [6.45, 7) is 28.4. The van der Waals surface area contributed by atoms with E-state index >= 15 is 0 Å². The van der Waals surface area contributed by atoms with Crippen LogP contribution in [-0.2, 0) is 102 Å². The van der Waals surface area contributed by atoms with E-state index in [1.54, 1.807) is 72.2 Å². The van der Waals surface area contributed by atoms with Gasteiger partial charge in [-0.25, -0.2) is 27.6 Å². The second kappa shape index (κ2) is 57.3. The van der Waals surface area contributed by atoms with E-state index in [4.69, 9.17) is 33.2 Å². The van der Waals surface area contributed by atoms with Gasteiger partial charge in [0.1, 0.15) is 41.4 Å². The Morgan fingerprint density at radius 1 is 0.550 bits per heavy atom. The smallest absolute Gasteiger partial charge is 0.329 e. The van der Waals surface area contributed by atoms with E-state index in [-0.39, 0.29) is 154 Å². The molecule has 13 N–H and O–H groups in total. The van der Waals surface area contributed by atoms with Crippen molar-refractivity contribution in [2.24, 2.45) is 29.6 Å². The second-order valence-corrected chi connectivity index (χ2v) is 39.9. The Morgan fingerprint density at radius 3 is 1.74 bits per heavy atom. The minimum atomic E-state index is -4.20. The number of amides is 14. The molecule has 13 atom stereocenters. The lowest BCUT2D eigenvalue weighted by Crippen LogP contribution is -2.59. The van der Waals surface area contributed by atoms with Gasteiger partial charge in [-0.05, 0) is 170 Å². The first kappa shape index (κ1) is 117. The fraction of sp³-hybridized carbons (Fsp3) is 0.616. The van der Waals surface area contributed by atoms with Crippen molar-refractivity contribution in [1.29, 1.82) is 0 Å². The molecule has 0 saturated carbocycles. The van der Waals surface area contributed by atoms with Crippen LogP contribution >= 0.6 is 0 Å². The molecule has 0 aromatic heterocycles. The number of carboxylic acids is 1. The number of carboxylic acid groups (broad SMARTS) is 1. The number of methoxy groups -OCH3 is 2. The Morgan fingerprint density at radius 2 is 1.14 bits per heavy atom. The highest BCUT2D eigenvalue weighted by molar-refractivity contribution is 7.92. The number of benzene rings is 4. The van der Waals surface area contributed by atoms with Crippen molar-refractivity contribution in [2.75, 3.05) is 128 Å². The van der Waals surface area contributed by atoms with Crippen molar-refractivity contribution in [2.45, 2.75) is 264 Å². The van der Waals surface area contributed by atoms with Gasteiger partial charge in [0.15, 0.2) is 0 Å². The maximum atomic E-state index is 14.7. The standard InChI is InChI=1S/C99H152N16O24S/c1-21-44-101-95(128)105-70-33-27-35-72(57-70)140(131,132)111-71-34-26-32-67(56-71)73(58-81(118)119)108-97(130)104-69-40-38-68(39-41-69)103-96(129)102-46-50-136-52-54-137-53-51-135-49-42-79(116)106-75(59-82(120)138-98(11,12)13)92(125)115-48-29-37-77(115)90(123)110-84(62(5)6)94(127)139-99(14,15)43-45-100-89(122)74(55-66-30-24-23-25-31-66)107-88(121)65(10)87(134-20)76-36-28-47-114(76)80(117)60-78(133-19)86(64(9)22-2)113(18)93(126)83(61(3)4)109-91(124)85(63(7)8)112(16)17/h23-27,30-35,38-41,56-57,61-65,73-78,83-87,111H,21-22,28-29,36-37,42-55,58-60H2,1-20H3,(H,100,122)(H,106,116)(H,107,121)(H,109,124)(H,110,123)(H,118,119)(H2,101,105,128)(H2,102,103,129)(H2,104,108,130)/t64-,65+,73+,74-,75-,76-,77-,78+,83-,84-,85-,86-,87+/m0/s1. The third kappa shape index (κ3) is 38.4. The van der Waals surface area contributed by atoms with E-state index in [0.717, 1.165) is 5.56 Å². The van der Waals surface area contributed by atoms with E-state index in [1.165, 1.54) is 91.9 Å². The third-order valence-corrected chi connectivity index (χ3v) is 25.4. The van der Waals surface area contributed by atoms with Gasteiger partial charge in [0.25, 0.3) is 10.0 Å². The van der Waals surface area contributed by atoms with Gasteiger partial charge in [0, 0.05) is 96.0 Å². The van der Waals surface area contributed by atoms with Crippen LogP contribution in [0.3, 0.4) is 0 Å².